The fourth-order valence-corrected chi connectivity index (χ4v) is 3.08. The van der Waals surface area contributed by atoms with Crippen LogP contribution in [0.4, 0.5) is 0 Å². The van der Waals surface area contributed by atoms with Gasteiger partial charge in [0.25, 0.3) is 0 Å². The van der Waals surface area contributed by atoms with E-state index in [0.29, 0.717) is 32.3 Å². The molecule has 4 heteroatoms. The summed E-state index contributed by atoms with van der Waals surface area (Å²) < 4.78 is 5.32. The van der Waals surface area contributed by atoms with Crippen molar-refractivity contribution in [3.8, 4) is 0 Å². The third-order valence-electron chi connectivity index (χ3n) is 4.59. The van der Waals surface area contributed by atoms with Gasteiger partial charge in [-0.2, -0.15) is 0 Å². The molecule has 0 aromatic carbocycles. The molecule has 0 saturated carbocycles. The largest absolute Gasteiger partial charge is 0.466 e. The maximum atomic E-state index is 12.1. The monoisotopic (exact) mass is 368 g/mol. The molecule has 4 nitrogen and oxygen atoms in total. The first kappa shape index (κ1) is 24.8. The van der Waals surface area contributed by atoms with Gasteiger partial charge in [0.15, 0.2) is 0 Å². The van der Waals surface area contributed by atoms with Crippen LogP contribution in [0.5, 0.6) is 0 Å². The SMILES string of the molecule is CCCCCCCCOC(=O)CC(CC(=O)CCC)CC(=O)CCCC. The van der Waals surface area contributed by atoms with Crippen LogP contribution in [0.1, 0.15) is 111 Å². The first-order chi connectivity index (χ1) is 12.5. The summed E-state index contributed by atoms with van der Waals surface area (Å²) in [5, 5.41) is 0. The molecule has 0 rings (SSSR count). The molecule has 0 aliphatic rings. The van der Waals surface area contributed by atoms with Crippen molar-refractivity contribution in [1.82, 2.24) is 0 Å². The molecule has 0 N–H and O–H groups in total. The Kier molecular flexibility index (Phi) is 16.4. The number of carbonyl (C=O) groups excluding carboxylic acids is 3. The van der Waals surface area contributed by atoms with Crippen LogP contribution in [0.3, 0.4) is 0 Å². The molecule has 0 fully saturated rings. The van der Waals surface area contributed by atoms with Crippen LogP contribution in [0, 0.1) is 5.92 Å². The lowest BCUT2D eigenvalue weighted by Gasteiger charge is -2.15. The number of ketones is 2. The number of hydrogen-bond acceptors (Lipinski definition) is 4. The number of esters is 1. The van der Waals surface area contributed by atoms with E-state index < -0.39 is 0 Å². The second kappa shape index (κ2) is 17.2. The van der Waals surface area contributed by atoms with Gasteiger partial charge < -0.3 is 4.74 Å². The van der Waals surface area contributed by atoms with Crippen LogP contribution >= 0.6 is 0 Å². The van der Waals surface area contributed by atoms with Crippen LogP contribution in [0.15, 0.2) is 0 Å². The van der Waals surface area contributed by atoms with Gasteiger partial charge in [-0.05, 0) is 25.2 Å². The van der Waals surface area contributed by atoms with Crippen molar-refractivity contribution >= 4 is 17.5 Å². The molecule has 0 aliphatic heterocycles. The molecular formula is C22H40O4. The van der Waals surface area contributed by atoms with Gasteiger partial charge in [0, 0.05) is 32.1 Å². The Morgan fingerprint density at radius 1 is 0.654 bits per heavy atom. The van der Waals surface area contributed by atoms with Gasteiger partial charge in [0.2, 0.25) is 0 Å². The molecule has 0 spiro atoms. The molecule has 0 aromatic heterocycles. The van der Waals surface area contributed by atoms with Gasteiger partial charge in [0.1, 0.15) is 11.6 Å². The van der Waals surface area contributed by atoms with E-state index in [0.717, 1.165) is 32.1 Å². The van der Waals surface area contributed by atoms with Crippen LogP contribution in [0.25, 0.3) is 0 Å². The zero-order valence-corrected chi connectivity index (χ0v) is 17.3. The number of Topliss-reactive ketones (excluding diaryl/α,β-unsaturated/α-hetero) is 2. The highest BCUT2D eigenvalue weighted by Gasteiger charge is 2.21. The summed E-state index contributed by atoms with van der Waals surface area (Å²) in [6, 6.07) is 0. The summed E-state index contributed by atoms with van der Waals surface area (Å²) in [6.45, 7) is 6.66. The number of carbonyl (C=O) groups is 3. The van der Waals surface area contributed by atoms with Gasteiger partial charge in [-0.25, -0.2) is 0 Å². The van der Waals surface area contributed by atoms with E-state index in [4.69, 9.17) is 4.74 Å². The number of unbranched alkanes of at least 4 members (excludes halogenated alkanes) is 6. The van der Waals surface area contributed by atoms with Gasteiger partial charge in [-0.1, -0.05) is 59.3 Å². The molecule has 1 unspecified atom stereocenters. The molecule has 26 heavy (non-hydrogen) atoms. The van der Waals surface area contributed by atoms with E-state index in [9.17, 15) is 14.4 Å². The molecule has 0 heterocycles. The summed E-state index contributed by atoms with van der Waals surface area (Å²) >= 11 is 0. The standard InChI is InChI=1S/C22H40O4/c1-4-7-9-10-11-12-15-26-22(25)18-19(16-20(23)13-6-3)17-21(24)14-8-5-2/h19H,4-18H2,1-3H3. The number of hydrogen-bond donors (Lipinski definition) is 0. The summed E-state index contributed by atoms with van der Waals surface area (Å²) in [6.07, 6.45) is 11.4. The summed E-state index contributed by atoms with van der Waals surface area (Å²) in [4.78, 5) is 36.1. The minimum atomic E-state index is -0.267. The zero-order chi connectivity index (χ0) is 19.6. The summed E-state index contributed by atoms with van der Waals surface area (Å²) in [5.41, 5.74) is 0. The van der Waals surface area contributed by atoms with E-state index in [1.807, 2.05) is 6.92 Å². The normalized spacial score (nSPS) is 12.0. The summed E-state index contributed by atoms with van der Waals surface area (Å²) in [7, 11) is 0. The average molecular weight is 369 g/mol. The van der Waals surface area contributed by atoms with Crippen molar-refractivity contribution in [3.05, 3.63) is 0 Å². The Hall–Kier alpha value is -1.19. The Morgan fingerprint density at radius 2 is 1.23 bits per heavy atom. The van der Waals surface area contributed by atoms with E-state index in [1.165, 1.54) is 25.7 Å². The number of rotatable bonds is 18. The van der Waals surface area contributed by atoms with Crippen molar-refractivity contribution < 1.29 is 19.1 Å². The highest BCUT2D eigenvalue weighted by Crippen LogP contribution is 2.19. The van der Waals surface area contributed by atoms with E-state index in [1.54, 1.807) is 0 Å². The predicted octanol–water partition coefficient (Wildman–Crippen LogP) is 5.81. The topological polar surface area (TPSA) is 60.4 Å². The van der Waals surface area contributed by atoms with E-state index in [2.05, 4.69) is 13.8 Å². The molecule has 152 valence electrons. The van der Waals surface area contributed by atoms with Crippen LogP contribution in [0.2, 0.25) is 0 Å². The summed E-state index contributed by atoms with van der Waals surface area (Å²) in [5.74, 6) is -0.166. The van der Waals surface area contributed by atoms with Gasteiger partial charge in [-0.3, -0.25) is 14.4 Å². The second-order valence-electron chi connectivity index (χ2n) is 7.40. The average Bonchev–Trinajstić information content (AvgIpc) is 2.59. The fraction of sp³-hybridized carbons (Fsp3) is 0.864. The van der Waals surface area contributed by atoms with Crippen molar-refractivity contribution in [2.24, 2.45) is 5.92 Å². The van der Waals surface area contributed by atoms with Crippen LogP contribution in [-0.2, 0) is 19.1 Å². The third kappa shape index (κ3) is 15.1. The molecule has 0 saturated heterocycles. The van der Waals surface area contributed by atoms with E-state index >= 15 is 0 Å². The van der Waals surface area contributed by atoms with Crippen LogP contribution in [-0.4, -0.2) is 24.1 Å². The van der Waals surface area contributed by atoms with Crippen molar-refractivity contribution in [1.29, 1.82) is 0 Å². The zero-order valence-electron chi connectivity index (χ0n) is 17.3. The van der Waals surface area contributed by atoms with Crippen molar-refractivity contribution in [2.75, 3.05) is 6.61 Å². The molecular weight excluding hydrogens is 328 g/mol. The molecule has 0 amide bonds. The quantitative estimate of drug-likeness (QED) is 0.226. The first-order valence-corrected chi connectivity index (χ1v) is 10.7. The molecule has 0 aliphatic carbocycles. The maximum absolute atomic E-state index is 12.1. The highest BCUT2D eigenvalue weighted by molar-refractivity contribution is 5.83. The van der Waals surface area contributed by atoms with Gasteiger partial charge >= 0.3 is 5.97 Å². The van der Waals surface area contributed by atoms with Crippen molar-refractivity contribution in [2.45, 2.75) is 111 Å². The Bertz CT molecular complexity index is 390. The van der Waals surface area contributed by atoms with Crippen molar-refractivity contribution in [3.63, 3.8) is 0 Å². The lowest BCUT2D eigenvalue weighted by Crippen LogP contribution is -2.18. The Balaban J connectivity index is 4.21. The van der Waals surface area contributed by atoms with Crippen LogP contribution < -0.4 is 0 Å². The molecule has 0 bridgehead atoms. The predicted molar refractivity (Wildman–Crippen MR) is 106 cm³/mol. The minimum Gasteiger partial charge on any atom is -0.466 e. The highest BCUT2D eigenvalue weighted by atomic mass is 16.5. The smallest absolute Gasteiger partial charge is 0.306 e. The Labute approximate surface area is 160 Å². The van der Waals surface area contributed by atoms with Gasteiger partial charge in [0.05, 0.1) is 6.61 Å². The second-order valence-corrected chi connectivity index (χ2v) is 7.40. The lowest BCUT2D eigenvalue weighted by atomic mass is 9.90. The maximum Gasteiger partial charge on any atom is 0.306 e. The Morgan fingerprint density at radius 3 is 1.85 bits per heavy atom. The fourth-order valence-electron chi connectivity index (χ4n) is 3.08. The first-order valence-electron chi connectivity index (χ1n) is 10.7. The molecule has 0 aromatic rings. The van der Waals surface area contributed by atoms with E-state index in [-0.39, 0.29) is 29.9 Å². The lowest BCUT2D eigenvalue weighted by molar-refractivity contribution is -0.145. The minimum absolute atomic E-state index is 0.143. The van der Waals surface area contributed by atoms with Gasteiger partial charge in [-0.15, -0.1) is 0 Å². The molecule has 0 radical (unpaired) electrons. The third-order valence-corrected chi connectivity index (χ3v) is 4.59. The molecule has 1 atom stereocenters. The number of ether oxygens (including phenoxy) is 1.